The van der Waals surface area contributed by atoms with E-state index in [9.17, 15) is 0 Å². The van der Waals surface area contributed by atoms with Gasteiger partial charge >= 0.3 is 0 Å². The Kier molecular flexibility index (Phi) is 5.16. The van der Waals surface area contributed by atoms with Gasteiger partial charge in [-0.3, -0.25) is 9.55 Å². The first-order chi connectivity index (χ1) is 13.3. The third kappa shape index (κ3) is 3.85. The first-order valence-electron chi connectivity index (χ1n) is 8.53. The molecule has 0 atom stereocenters. The fraction of sp³-hybridized carbons (Fsp3) is 0.0952. The molecule has 0 unspecified atom stereocenters. The van der Waals surface area contributed by atoms with E-state index in [0.717, 1.165) is 33.9 Å². The van der Waals surface area contributed by atoms with Gasteiger partial charge in [-0.25, -0.2) is 0 Å². The number of methoxy groups -OCH3 is 1. The van der Waals surface area contributed by atoms with E-state index in [1.54, 1.807) is 25.1 Å². The first-order valence-corrected chi connectivity index (χ1v) is 9.51. The average molecular weight is 374 g/mol. The van der Waals surface area contributed by atoms with Gasteiger partial charge in [0.25, 0.3) is 0 Å². The smallest absolute Gasteiger partial charge is 0.196 e. The van der Waals surface area contributed by atoms with Gasteiger partial charge in [0, 0.05) is 11.9 Å². The van der Waals surface area contributed by atoms with Crippen LogP contribution in [0, 0.1) is 0 Å². The highest BCUT2D eigenvalue weighted by Crippen LogP contribution is 2.29. The predicted octanol–water partition coefficient (Wildman–Crippen LogP) is 4.63. The lowest BCUT2D eigenvalue weighted by atomic mass is 10.2. The lowest BCUT2D eigenvalue weighted by molar-refractivity contribution is 0.414. The van der Waals surface area contributed by atoms with Crippen molar-refractivity contribution in [2.24, 2.45) is 0 Å². The fourth-order valence-corrected chi connectivity index (χ4v) is 3.62. The van der Waals surface area contributed by atoms with Gasteiger partial charge in [-0.2, -0.15) is 0 Å². The maximum absolute atomic E-state index is 5.28. The number of pyridine rings is 1. The molecule has 5 nitrogen and oxygen atoms in total. The van der Waals surface area contributed by atoms with Crippen LogP contribution in [0.15, 0.2) is 84.1 Å². The minimum absolute atomic E-state index is 0.719. The van der Waals surface area contributed by atoms with Gasteiger partial charge in [0.15, 0.2) is 11.0 Å². The van der Waals surface area contributed by atoms with Crippen LogP contribution in [0.5, 0.6) is 5.75 Å². The van der Waals surface area contributed by atoms with Crippen molar-refractivity contribution in [3.05, 3.63) is 84.6 Å². The molecule has 0 saturated carbocycles. The van der Waals surface area contributed by atoms with Crippen molar-refractivity contribution >= 4 is 11.8 Å². The van der Waals surface area contributed by atoms with Crippen LogP contribution in [-0.4, -0.2) is 26.9 Å². The second-order valence-electron chi connectivity index (χ2n) is 5.83. The Morgan fingerprint density at radius 1 is 0.889 bits per heavy atom. The number of hydrogen-bond acceptors (Lipinski definition) is 5. The van der Waals surface area contributed by atoms with Crippen LogP contribution in [-0.2, 0) is 5.75 Å². The van der Waals surface area contributed by atoms with E-state index in [1.807, 2.05) is 65.2 Å². The minimum atomic E-state index is 0.719. The summed E-state index contributed by atoms with van der Waals surface area (Å²) < 4.78 is 7.32. The van der Waals surface area contributed by atoms with Crippen molar-refractivity contribution in [2.75, 3.05) is 7.11 Å². The highest BCUT2D eigenvalue weighted by Gasteiger charge is 2.17. The lowest BCUT2D eigenvalue weighted by Gasteiger charge is -2.11. The van der Waals surface area contributed by atoms with Crippen LogP contribution in [0.25, 0.3) is 17.2 Å². The van der Waals surface area contributed by atoms with Gasteiger partial charge in [-0.1, -0.05) is 48.2 Å². The zero-order valence-electron chi connectivity index (χ0n) is 14.8. The van der Waals surface area contributed by atoms with Crippen LogP contribution in [0.2, 0.25) is 0 Å². The normalized spacial score (nSPS) is 10.7. The summed E-state index contributed by atoms with van der Waals surface area (Å²) in [6.45, 7) is 0. The largest absolute Gasteiger partial charge is 0.497 e. The van der Waals surface area contributed by atoms with Crippen molar-refractivity contribution < 1.29 is 4.74 Å². The van der Waals surface area contributed by atoms with Crippen LogP contribution < -0.4 is 4.74 Å². The highest BCUT2D eigenvalue weighted by molar-refractivity contribution is 7.98. The van der Waals surface area contributed by atoms with Gasteiger partial charge in [0.2, 0.25) is 0 Å². The van der Waals surface area contributed by atoms with Gasteiger partial charge < -0.3 is 4.74 Å². The topological polar surface area (TPSA) is 52.8 Å². The van der Waals surface area contributed by atoms with Crippen LogP contribution >= 0.6 is 11.8 Å². The van der Waals surface area contributed by atoms with E-state index in [2.05, 4.69) is 27.3 Å². The summed E-state index contributed by atoms with van der Waals surface area (Å²) in [6.07, 6.45) is 1.76. The standard InChI is InChI=1S/C21H18N4OS/c1-26-18-12-10-17(11-13-18)25-20(19-9-5-6-14-22-19)23-24-21(25)27-15-16-7-3-2-4-8-16/h2-14H,15H2,1H3. The van der Waals surface area contributed by atoms with E-state index in [1.165, 1.54) is 5.56 Å². The molecule has 2 heterocycles. The number of ether oxygens (including phenoxy) is 1. The molecule has 2 aromatic carbocycles. The number of aromatic nitrogens is 4. The molecule has 0 amide bonds. The van der Waals surface area contributed by atoms with Crippen molar-refractivity contribution in [3.8, 4) is 23.0 Å². The first kappa shape index (κ1) is 17.3. The Bertz CT molecular complexity index is 1000. The molecule has 0 aliphatic rings. The second-order valence-corrected chi connectivity index (χ2v) is 6.77. The zero-order chi connectivity index (χ0) is 18.5. The second kappa shape index (κ2) is 8.05. The van der Waals surface area contributed by atoms with Gasteiger partial charge in [0.1, 0.15) is 11.4 Å². The summed E-state index contributed by atoms with van der Waals surface area (Å²) in [4.78, 5) is 4.44. The van der Waals surface area contributed by atoms with Crippen LogP contribution in [0.4, 0.5) is 0 Å². The molecule has 0 aliphatic heterocycles. The molecule has 134 valence electrons. The molecule has 27 heavy (non-hydrogen) atoms. The van der Waals surface area contributed by atoms with Crippen molar-refractivity contribution in [3.63, 3.8) is 0 Å². The van der Waals surface area contributed by atoms with Gasteiger partial charge in [-0.05, 0) is 42.0 Å². The maximum Gasteiger partial charge on any atom is 0.196 e. The molecule has 0 spiro atoms. The Labute approximate surface area is 162 Å². The summed E-state index contributed by atoms with van der Waals surface area (Å²) in [5, 5.41) is 9.67. The molecule has 0 bridgehead atoms. The Balaban J connectivity index is 1.73. The monoisotopic (exact) mass is 374 g/mol. The quantitative estimate of drug-likeness (QED) is 0.461. The van der Waals surface area contributed by atoms with Crippen LogP contribution in [0.3, 0.4) is 0 Å². The predicted molar refractivity (Wildman–Crippen MR) is 107 cm³/mol. The lowest BCUT2D eigenvalue weighted by Crippen LogP contribution is -2.01. The highest BCUT2D eigenvalue weighted by atomic mass is 32.2. The molecule has 2 aromatic heterocycles. The summed E-state index contributed by atoms with van der Waals surface area (Å²) in [5.74, 6) is 2.35. The molecule has 4 rings (SSSR count). The molecule has 0 aliphatic carbocycles. The third-order valence-electron chi connectivity index (χ3n) is 4.07. The Morgan fingerprint density at radius 3 is 2.37 bits per heavy atom. The molecular formula is C21H18N4OS. The average Bonchev–Trinajstić information content (AvgIpc) is 3.17. The zero-order valence-corrected chi connectivity index (χ0v) is 15.6. The summed E-state index contributed by atoms with van der Waals surface area (Å²) >= 11 is 1.65. The van der Waals surface area contributed by atoms with E-state index >= 15 is 0 Å². The molecule has 0 saturated heterocycles. The van der Waals surface area contributed by atoms with E-state index in [0.29, 0.717) is 0 Å². The summed E-state index contributed by atoms with van der Waals surface area (Å²) in [5.41, 5.74) is 3.00. The molecule has 0 N–H and O–H groups in total. The maximum atomic E-state index is 5.28. The van der Waals surface area contributed by atoms with E-state index in [4.69, 9.17) is 4.74 Å². The Morgan fingerprint density at radius 2 is 1.67 bits per heavy atom. The number of benzene rings is 2. The van der Waals surface area contributed by atoms with E-state index in [-0.39, 0.29) is 0 Å². The van der Waals surface area contributed by atoms with Crippen molar-refractivity contribution in [1.82, 2.24) is 19.7 Å². The SMILES string of the molecule is COc1ccc(-n2c(SCc3ccccc3)nnc2-c2ccccn2)cc1. The minimum Gasteiger partial charge on any atom is -0.497 e. The number of nitrogens with zero attached hydrogens (tertiary/aromatic N) is 4. The molecule has 0 fully saturated rings. The summed E-state index contributed by atoms with van der Waals surface area (Å²) in [7, 11) is 1.66. The fourth-order valence-electron chi connectivity index (χ4n) is 2.71. The van der Waals surface area contributed by atoms with Crippen molar-refractivity contribution in [2.45, 2.75) is 10.9 Å². The van der Waals surface area contributed by atoms with Crippen LogP contribution in [0.1, 0.15) is 5.56 Å². The molecule has 0 radical (unpaired) electrons. The van der Waals surface area contributed by atoms with Crippen molar-refractivity contribution in [1.29, 1.82) is 0 Å². The molecular weight excluding hydrogens is 356 g/mol. The van der Waals surface area contributed by atoms with Gasteiger partial charge in [-0.15, -0.1) is 10.2 Å². The molecule has 4 aromatic rings. The number of thioether (sulfide) groups is 1. The number of rotatable bonds is 6. The summed E-state index contributed by atoms with van der Waals surface area (Å²) in [6, 6.07) is 24.0. The third-order valence-corrected chi connectivity index (χ3v) is 5.07. The van der Waals surface area contributed by atoms with Gasteiger partial charge in [0.05, 0.1) is 12.8 Å². The van der Waals surface area contributed by atoms with E-state index < -0.39 is 0 Å². The molecule has 6 heteroatoms. The Hall–Kier alpha value is -3.12. The number of hydrogen-bond donors (Lipinski definition) is 0.